The number of nitrogens with zero attached hydrogens (tertiary/aromatic N) is 2. The number of aromatic nitrogens is 1. The van der Waals surface area contributed by atoms with Crippen molar-refractivity contribution >= 4 is 28.9 Å². The highest BCUT2D eigenvalue weighted by atomic mass is 35.5. The Kier molecular flexibility index (Phi) is 3.64. The monoisotopic (exact) mass is 285 g/mol. The van der Waals surface area contributed by atoms with Crippen LogP contribution in [-0.2, 0) is 0 Å². The number of hydrogen-bond donors (Lipinski definition) is 1. The number of pyridine rings is 1. The molecule has 2 atom stereocenters. The highest BCUT2D eigenvalue weighted by Crippen LogP contribution is 2.32. The van der Waals surface area contributed by atoms with Gasteiger partial charge in [0.2, 0.25) is 0 Å². The Morgan fingerprint density at radius 1 is 1.28 bits per heavy atom. The summed E-state index contributed by atoms with van der Waals surface area (Å²) in [5.74, 6) is 1.64. The van der Waals surface area contributed by atoms with Crippen molar-refractivity contribution in [2.45, 2.75) is 12.8 Å². The third kappa shape index (κ3) is 2.44. The Balaban J connectivity index is 1.75. The van der Waals surface area contributed by atoms with Crippen LogP contribution in [0.2, 0.25) is 10.2 Å². The average molecular weight is 286 g/mol. The summed E-state index contributed by atoms with van der Waals surface area (Å²) < 4.78 is 0. The molecule has 1 aromatic rings. The van der Waals surface area contributed by atoms with Crippen molar-refractivity contribution in [3.63, 3.8) is 0 Å². The fourth-order valence-electron chi connectivity index (χ4n) is 3.07. The maximum Gasteiger partial charge on any atom is 0.147 e. The first-order valence-electron chi connectivity index (χ1n) is 6.51. The van der Waals surface area contributed by atoms with Gasteiger partial charge < -0.3 is 10.2 Å². The molecule has 1 N–H and O–H groups in total. The second-order valence-electron chi connectivity index (χ2n) is 5.21. The zero-order valence-electron chi connectivity index (χ0n) is 10.2. The number of fused-ring (bicyclic) bond motifs is 1. The molecule has 0 bridgehead atoms. The van der Waals surface area contributed by atoms with Crippen molar-refractivity contribution in [3.05, 3.63) is 22.4 Å². The molecule has 2 aliphatic rings. The second kappa shape index (κ2) is 5.24. The minimum Gasteiger partial charge on any atom is -0.370 e. The maximum atomic E-state index is 6.04. The normalized spacial score (nSPS) is 28.0. The molecule has 2 unspecified atom stereocenters. The van der Waals surface area contributed by atoms with Crippen LogP contribution in [0.4, 0.5) is 5.69 Å². The lowest BCUT2D eigenvalue weighted by atomic mass is 9.81. The molecule has 0 aromatic carbocycles. The van der Waals surface area contributed by atoms with Gasteiger partial charge in [0.05, 0.1) is 16.9 Å². The molecule has 1 aromatic heterocycles. The van der Waals surface area contributed by atoms with Crippen LogP contribution < -0.4 is 10.2 Å². The van der Waals surface area contributed by atoms with Gasteiger partial charge >= 0.3 is 0 Å². The molecular formula is C13H17Cl2N3. The second-order valence-corrected chi connectivity index (χ2v) is 5.98. The highest BCUT2D eigenvalue weighted by molar-refractivity contribution is 6.41. The van der Waals surface area contributed by atoms with Crippen LogP contribution in [-0.4, -0.2) is 31.2 Å². The third-order valence-electron chi connectivity index (χ3n) is 4.14. The summed E-state index contributed by atoms with van der Waals surface area (Å²) in [5, 5.41) is 4.42. The van der Waals surface area contributed by atoms with E-state index in [0.29, 0.717) is 10.2 Å². The third-order valence-corrected chi connectivity index (χ3v) is 4.82. The summed E-state index contributed by atoms with van der Waals surface area (Å²) in [5.41, 5.74) is 1.10. The largest absolute Gasteiger partial charge is 0.370 e. The van der Waals surface area contributed by atoms with Crippen LogP contribution >= 0.6 is 23.2 Å². The quantitative estimate of drug-likeness (QED) is 0.805. The summed E-state index contributed by atoms with van der Waals surface area (Å²) in [6.07, 6.45) is 4.35. The molecule has 98 valence electrons. The van der Waals surface area contributed by atoms with Crippen LogP contribution in [0, 0.1) is 11.8 Å². The highest BCUT2D eigenvalue weighted by Gasteiger charge is 2.31. The Morgan fingerprint density at radius 2 is 2.17 bits per heavy atom. The molecule has 2 aliphatic heterocycles. The minimum atomic E-state index is 0.386. The molecule has 5 heteroatoms. The number of nitrogens with one attached hydrogen (secondary N) is 1. The molecule has 2 fully saturated rings. The van der Waals surface area contributed by atoms with Crippen molar-refractivity contribution in [3.8, 4) is 0 Å². The first-order valence-corrected chi connectivity index (χ1v) is 7.26. The van der Waals surface area contributed by atoms with Crippen LogP contribution in [0.5, 0.6) is 0 Å². The van der Waals surface area contributed by atoms with E-state index < -0.39 is 0 Å². The summed E-state index contributed by atoms with van der Waals surface area (Å²) in [4.78, 5) is 6.53. The van der Waals surface area contributed by atoms with Gasteiger partial charge in [-0.3, -0.25) is 0 Å². The number of halogens is 2. The molecule has 3 heterocycles. The summed E-state index contributed by atoms with van der Waals surface area (Å²) in [7, 11) is 0. The van der Waals surface area contributed by atoms with Crippen molar-refractivity contribution in [1.29, 1.82) is 0 Å². The number of rotatable bonds is 1. The fraction of sp³-hybridized carbons (Fsp3) is 0.615. The lowest BCUT2D eigenvalue weighted by Gasteiger charge is -2.42. The summed E-state index contributed by atoms with van der Waals surface area (Å²) in [6, 6.07) is 1.93. The first kappa shape index (κ1) is 12.5. The fourth-order valence-corrected chi connectivity index (χ4v) is 3.33. The first-order chi connectivity index (χ1) is 8.74. The smallest absolute Gasteiger partial charge is 0.147 e. The summed E-state index contributed by atoms with van der Waals surface area (Å²) in [6.45, 7) is 4.53. The van der Waals surface area contributed by atoms with Crippen molar-refractivity contribution in [2.24, 2.45) is 11.8 Å². The van der Waals surface area contributed by atoms with Crippen LogP contribution in [0.1, 0.15) is 12.8 Å². The molecule has 3 nitrogen and oxygen atoms in total. The van der Waals surface area contributed by atoms with E-state index in [9.17, 15) is 0 Å². The Bertz CT molecular complexity index is 438. The van der Waals surface area contributed by atoms with E-state index in [4.69, 9.17) is 23.2 Å². The zero-order valence-corrected chi connectivity index (χ0v) is 11.7. The molecule has 3 rings (SSSR count). The van der Waals surface area contributed by atoms with Crippen LogP contribution in [0.15, 0.2) is 12.3 Å². The van der Waals surface area contributed by atoms with Gasteiger partial charge in [0.15, 0.2) is 0 Å². The van der Waals surface area contributed by atoms with Crippen molar-refractivity contribution in [1.82, 2.24) is 10.3 Å². The van der Waals surface area contributed by atoms with Gasteiger partial charge in [-0.15, -0.1) is 0 Å². The van der Waals surface area contributed by atoms with Gasteiger partial charge in [-0.1, -0.05) is 23.2 Å². The molecule has 0 saturated carbocycles. The van der Waals surface area contributed by atoms with Gasteiger partial charge in [0.1, 0.15) is 5.15 Å². The molecule has 2 saturated heterocycles. The standard InChI is InChI=1S/C13H17Cl2N3/c14-12-5-11(7-17-13(12)15)18-4-2-9-6-16-3-1-10(9)8-18/h5,7,9-10,16H,1-4,6,8H2. The van der Waals surface area contributed by atoms with E-state index in [1.54, 1.807) is 0 Å². The summed E-state index contributed by atoms with van der Waals surface area (Å²) >= 11 is 11.9. The lowest BCUT2D eigenvalue weighted by Crippen LogP contribution is -2.48. The molecule has 0 aliphatic carbocycles. The minimum absolute atomic E-state index is 0.386. The number of anilines is 1. The van der Waals surface area contributed by atoms with Gasteiger partial charge in [-0.25, -0.2) is 4.98 Å². The van der Waals surface area contributed by atoms with Crippen molar-refractivity contribution in [2.75, 3.05) is 31.1 Å². The van der Waals surface area contributed by atoms with Crippen LogP contribution in [0.25, 0.3) is 0 Å². The molecule has 0 radical (unpaired) electrons. The molecule has 18 heavy (non-hydrogen) atoms. The van der Waals surface area contributed by atoms with E-state index in [-0.39, 0.29) is 0 Å². The molecular weight excluding hydrogens is 269 g/mol. The average Bonchev–Trinajstić information content (AvgIpc) is 2.41. The Labute approximate surface area is 117 Å². The van der Waals surface area contributed by atoms with E-state index in [0.717, 1.165) is 37.2 Å². The predicted molar refractivity (Wildman–Crippen MR) is 75.6 cm³/mol. The van der Waals surface area contributed by atoms with Crippen molar-refractivity contribution < 1.29 is 0 Å². The predicted octanol–water partition coefficient (Wildman–Crippen LogP) is 2.82. The Hall–Kier alpha value is -0.510. The SMILES string of the molecule is Clc1cc(N2CCC3CNCCC3C2)cnc1Cl. The van der Waals surface area contributed by atoms with Crippen LogP contribution in [0.3, 0.4) is 0 Å². The van der Waals surface area contributed by atoms with Gasteiger partial charge in [0.25, 0.3) is 0 Å². The van der Waals surface area contributed by atoms with E-state index >= 15 is 0 Å². The molecule has 0 spiro atoms. The lowest BCUT2D eigenvalue weighted by molar-refractivity contribution is 0.218. The van der Waals surface area contributed by atoms with Gasteiger partial charge in [-0.05, 0) is 43.8 Å². The van der Waals surface area contributed by atoms with E-state index in [2.05, 4.69) is 15.2 Å². The maximum absolute atomic E-state index is 6.04. The van der Waals surface area contributed by atoms with Gasteiger partial charge in [-0.2, -0.15) is 0 Å². The number of piperidine rings is 2. The topological polar surface area (TPSA) is 28.2 Å². The number of hydrogen-bond acceptors (Lipinski definition) is 3. The Morgan fingerprint density at radius 3 is 3.00 bits per heavy atom. The zero-order chi connectivity index (χ0) is 12.5. The van der Waals surface area contributed by atoms with E-state index in [1.165, 1.54) is 19.4 Å². The molecule has 0 amide bonds. The van der Waals surface area contributed by atoms with Gasteiger partial charge in [0, 0.05) is 13.1 Å². The van der Waals surface area contributed by atoms with E-state index in [1.807, 2.05) is 12.3 Å².